The molecule has 1 saturated heterocycles. The lowest BCUT2D eigenvalue weighted by molar-refractivity contribution is 0.390. The summed E-state index contributed by atoms with van der Waals surface area (Å²) in [4.78, 5) is 9.25. The van der Waals surface area contributed by atoms with Crippen LogP contribution in [0.5, 0.6) is 0 Å². The van der Waals surface area contributed by atoms with E-state index >= 15 is 0 Å². The minimum absolute atomic E-state index is 0. The van der Waals surface area contributed by atoms with Gasteiger partial charge in [-0.1, -0.05) is 12.8 Å². The molecule has 1 aromatic heterocycles. The molecule has 10 heteroatoms. The first-order chi connectivity index (χ1) is 13.0. The number of aryl methyl sites for hydroxylation is 2. The number of hydrogen-bond donors (Lipinski definition) is 2. The largest absolute Gasteiger partial charge is 0.354 e. The molecule has 0 aromatic carbocycles. The van der Waals surface area contributed by atoms with Gasteiger partial charge in [0.25, 0.3) is 0 Å². The number of nitrogens with zero attached hydrogens (tertiary/aromatic N) is 4. The summed E-state index contributed by atoms with van der Waals surface area (Å²) in [6.07, 6.45) is 7.52. The molecule has 2 N–H and O–H groups in total. The van der Waals surface area contributed by atoms with E-state index in [1.54, 1.807) is 0 Å². The number of nitrogens with one attached hydrogen (secondary N) is 2. The van der Waals surface area contributed by atoms with Crippen molar-refractivity contribution >= 4 is 39.8 Å². The molecule has 4 rings (SSSR count). The maximum Gasteiger partial charge on any atom is 0.191 e. The second-order valence-corrected chi connectivity index (χ2v) is 10.5. The van der Waals surface area contributed by atoms with Gasteiger partial charge >= 0.3 is 0 Å². The maximum atomic E-state index is 11.7. The molecule has 2 unspecified atom stereocenters. The van der Waals surface area contributed by atoms with Crippen LogP contribution in [0.15, 0.2) is 4.99 Å². The summed E-state index contributed by atoms with van der Waals surface area (Å²) in [5, 5.41) is 11.6. The Kier molecular flexibility index (Phi) is 7.21. The minimum Gasteiger partial charge on any atom is -0.354 e. The number of aliphatic imine (C=N–C) groups is 1. The van der Waals surface area contributed by atoms with E-state index in [2.05, 4.69) is 20.7 Å². The van der Waals surface area contributed by atoms with Crippen LogP contribution in [0.4, 0.5) is 0 Å². The van der Waals surface area contributed by atoms with Crippen molar-refractivity contribution in [2.75, 3.05) is 18.1 Å². The molecule has 1 aliphatic carbocycles. The van der Waals surface area contributed by atoms with Crippen molar-refractivity contribution < 1.29 is 8.42 Å². The average Bonchev–Trinajstić information content (AvgIpc) is 3.32. The summed E-state index contributed by atoms with van der Waals surface area (Å²) in [6, 6.07) is 0.731. The average molecular weight is 522 g/mol. The molecular formula is C18H31IN6O2S. The van der Waals surface area contributed by atoms with Crippen molar-refractivity contribution in [1.29, 1.82) is 0 Å². The summed E-state index contributed by atoms with van der Waals surface area (Å²) in [5.74, 6) is 3.45. The Hall–Kier alpha value is -0.910. The Balaban J connectivity index is 0.00000225. The van der Waals surface area contributed by atoms with Crippen LogP contribution in [0.1, 0.15) is 50.2 Å². The van der Waals surface area contributed by atoms with E-state index in [0.29, 0.717) is 18.3 Å². The van der Waals surface area contributed by atoms with Gasteiger partial charge in [-0.3, -0.25) is 4.99 Å². The third kappa shape index (κ3) is 5.58. The fourth-order valence-electron chi connectivity index (χ4n) is 4.38. The van der Waals surface area contributed by atoms with Crippen LogP contribution in [0.25, 0.3) is 0 Å². The second kappa shape index (κ2) is 9.27. The van der Waals surface area contributed by atoms with Crippen molar-refractivity contribution in [2.24, 2.45) is 10.9 Å². The molecule has 28 heavy (non-hydrogen) atoms. The topological polar surface area (TPSA) is 101 Å². The van der Waals surface area contributed by atoms with Crippen LogP contribution in [0, 0.1) is 12.8 Å². The molecule has 0 spiro atoms. The Morgan fingerprint density at radius 3 is 2.64 bits per heavy atom. The third-order valence-corrected chi connectivity index (χ3v) is 7.67. The quantitative estimate of drug-likeness (QED) is 0.353. The number of sulfone groups is 1. The lowest BCUT2D eigenvalue weighted by atomic mass is 10.1. The highest BCUT2D eigenvalue weighted by Gasteiger charge is 2.28. The lowest BCUT2D eigenvalue weighted by Gasteiger charge is -2.27. The maximum absolute atomic E-state index is 11.7. The van der Waals surface area contributed by atoms with Crippen molar-refractivity contribution in [3.8, 4) is 0 Å². The smallest absolute Gasteiger partial charge is 0.191 e. The van der Waals surface area contributed by atoms with E-state index < -0.39 is 9.84 Å². The fourth-order valence-corrected chi connectivity index (χ4v) is 6.23. The van der Waals surface area contributed by atoms with Crippen LogP contribution in [0.3, 0.4) is 0 Å². The first-order valence-electron chi connectivity index (χ1n) is 10.1. The zero-order chi connectivity index (χ0) is 18.9. The van der Waals surface area contributed by atoms with Crippen molar-refractivity contribution in [3.63, 3.8) is 0 Å². The predicted octanol–water partition coefficient (Wildman–Crippen LogP) is 1.43. The Morgan fingerprint density at radius 1 is 1.18 bits per heavy atom. The first kappa shape index (κ1) is 21.8. The van der Waals surface area contributed by atoms with Gasteiger partial charge in [-0.05, 0) is 38.5 Å². The molecule has 0 radical (unpaired) electrons. The van der Waals surface area contributed by atoms with Crippen LogP contribution >= 0.6 is 24.0 Å². The summed E-state index contributed by atoms with van der Waals surface area (Å²) >= 11 is 0. The molecule has 3 aliphatic rings. The highest BCUT2D eigenvalue weighted by atomic mass is 127. The molecule has 0 amide bonds. The number of rotatable bonds is 4. The summed E-state index contributed by atoms with van der Waals surface area (Å²) in [5.41, 5.74) is 0. The van der Waals surface area contributed by atoms with Gasteiger partial charge in [-0.15, -0.1) is 24.0 Å². The molecule has 3 heterocycles. The van der Waals surface area contributed by atoms with Crippen molar-refractivity contribution in [1.82, 2.24) is 25.4 Å². The molecule has 158 valence electrons. The monoisotopic (exact) mass is 522 g/mol. The van der Waals surface area contributed by atoms with Gasteiger partial charge in [0.2, 0.25) is 0 Å². The molecule has 8 nitrogen and oxygen atoms in total. The normalized spacial score (nSPS) is 27.2. The molecule has 1 saturated carbocycles. The SMILES string of the molecule is Cc1nc2n(n1)CC(NC(=NCC1CCS(=O)(=O)C1)NC1CCCC1)CC2.I. The van der Waals surface area contributed by atoms with Gasteiger partial charge in [-0.2, -0.15) is 5.10 Å². The standard InChI is InChI=1S/C18H30N6O2S.HI/c1-13-20-17-7-6-16(11-24(17)23-13)22-18(21-15-4-2-3-5-15)19-10-14-8-9-27(25,26)12-14;/h14-16H,2-12H2,1H3,(H2,19,21,22);1H. The lowest BCUT2D eigenvalue weighted by Crippen LogP contribution is -2.49. The van der Waals surface area contributed by atoms with Crippen LogP contribution in [-0.2, 0) is 22.8 Å². The van der Waals surface area contributed by atoms with E-state index in [1.807, 2.05) is 11.6 Å². The Labute approximate surface area is 184 Å². The van der Waals surface area contributed by atoms with Crippen LogP contribution < -0.4 is 10.6 Å². The van der Waals surface area contributed by atoms with Crippen LogP contribution in [0.2, 0.25) is 0 Å². The highest BCUT2D eigenvalue weighted by Crippen LogP contribution is 2.20. The third-order valence-electron chi connectivity index (χ3n) is 5.84. The molecule has 2 aliphatic heterocycles. The molecule has 0 bridgehead atoms. The second-order valence-electron chi connectivity index (χ2n) is 8.22. The minimum atomic E-state index is -2.85. The molecule has 2 atom stereocenters. The fraction of sp³-hybridized carbons (Fsp3) is 0.833. The first-order valence-corrected chi connectivity index (χ1v) is 12.0. The molecule has 2 fully saturated rings. The van der Waals surface area contributed by atoms with E-state index in [4.69, 9.17) is 4.99 Å². The Bertz CT molecular complexity index is 803. The van der Waals surface area contributed by atoms with Crippen LogP contribution in [-0.4, -0.2) is 59.3 Å². The van der Waals surface area contributed by atoms with E-state index in [9.17, 15) is 8.42 Å². The van der Waals surface area contributed by atoms with Crippen molar-refractivity contribution in [3.05, 3.63) is 11.6 Å². The molecule has 1 aromatic rings. The summed E-state index contributed by atoms with van der Waals surface area (Å²) < 4.78 is 25.4. The predicted molar refractivity (Wildman–Crippen MR) is 120 cm³/mol. The van der Waals surface area contributed by atoms with Gasteiger partial charge in [-0.25, -0.2) is 18.1 Å². The highest BCUT2D eigenvalue weighted by molar-refractivity contribution is 14.0. The number of hydrogen-bond acceptors (Lipinski definition) is 5. The molecular weight excluding hydrogens is 491 g/mol. The zero-order valence-electron chi connectivity index (χ0n) is 16.4. The van der Waals surface area contributed by atoms with E-state index in [0.717, 1.165) is 43.4 Å². The summed E-state index contributed by atoms with van der Waals surface area (Å²) in [6.45, 7) is 3.29. The zero-order valence-corrected chi connectivity index (χ0v) is 19.6. The number of halogens is 1. The van der Waals surface area contributed by atoms with Gasteiger partial charge < -0.3 is 10.6 Å². The van der Waals surface area contributed by atoms with Gasteiger partial charge in [0.05, 0.1) is 18.1 Å². The summed E-state index contributed by atoms with van der Waals surface area (Å²) in [7, 11) is -2.85. The van der Waals surface area contributed by atoms with E-state index in [-0.39, 0.29) is 41.7 Å². The Morgan fingerprint density at radius 2 is 1.93 bits per heavy atom. The van der Waals surface area contributed by atoms with Gasteiger partial charge in [0.15, 0.2) is 15.8 Å². The number of aromatic nitrogens is 3. The van der Waals surface area contributed by atoms with Crippen molar-refractivity contribution in [2.45, 2.75) is 70.5 Å². The number of guanidine groups is 1. The number of fused-ring (bicyclic) bond motifs is 1. The van der Waals surface area contributed by atoms with Gasteiger partial charge in [0.1, 0.15) is 11.6 Å². The van der Waals surface area contributed by atoms with E-state index in [1.165, 1.54) is 25.7 Å². The van der Waals surface area contributed by atoms with Gasteiger partial charge in [0, 0.05) is 25.0 Å².